The Labute approximate surface area is 128 Å². The zero-order chi connectivity index (χ0) is 16.8. The molecule has 2 aromatic carbocycles. The number of rotatable bonds is 1. The zero-order valence-electron chi connectivity index (χ0n) is 11.2. The molecule has 1 heterocycles. The number of para-hydroxylation sites is 2. The smallest absolute Gasteiger partial charge is 0.454 e. The van der Waals surface area contributed by atoms with Crippen molar-refractivity contribution in [3.05, 3.63) is 48.0 Å². The van der Waals surface area contributed by atoms with Gasteiger partial charge in [0.1, 0.15) is 5.75 Å². The lowest BCUT2D eigenvalue weighted by Gasteiger charge is -2.11. The van der Waals surface area contributed by atoms with E-state index in [4.69, 9.17) is 4.74 Å². The van der Waals surface area contributed by atoms with Gasteiger partial charge in [0, 0.05) is 0 Å². The molecule has 9 heteroatoms. The minimum absolute atomic E-state index is 0.0337. The summed E-state index contributed by atoms with van der Waals surface area (Å²) in [4.78, 5) is 11.1. The van der Waals surface area contributed by atoms with E-state index in [0.29, 0.717) is 17.5 Å². The van der Waals surface area contributed by atoms with Crippen molar-refractivity contribution >= 4 is 21.4 Å². The molecular weight excluding hydrogens is 335 g/mol. The average Bonchev–Trinajstić information content (AvgIpc) is 2.61. The number of amides is 1. The number of carbonyl (C=O) groups is 1. The molecule has 120 valence electrons. The van der Waals surface area contributed by atoms with E-state index in [-0.39, 0.29) is 11.3 Å². The van der Waals surface area contributed by atoms with Crippen LogP contribution in [-0.2, 0) is 9.84 Å². The Kier molecular flexibility index (Phi) is 3.33. The molecule has 0 saturated heterocycles. The number of hydrogen-bond acceptors (Lipinski definition) is 4. The van der Waals surface area contributed by atoms with Gasteiger partial charge in [-0.3, -0.25) is 4.79 Å². The molecule has 0 spiro atoms. The molecule has 23 heavy (non-hydrogen) atoms. The van der Waals surface area contributed by atoms with Gasteiger partial charge < -0.3 is 10.1 Å². The standard InChI is InChI=1S/C14H8F3NO4S/c15-14(16,17)23(20,21)8-5-6-11-9(7-8)13(19)18-10-3-1-2-4-12(10)22-11/h1-7H,(H,18,19). The second-order valence-electron chi connectivity index (χ2n) is 4.66. The Morgan fingerprint density at radius 1 is 1.00 bits per heavy atom. The third-order valence-corrected chi connectivity index (χ3v) is 4.65. The molecule has 0 radical (unpaired) electrons. The number of carbonyl (C=O) groups excluding carboxylic acids is 1. The lowest BCUT2D eigenvalue weighted by molar-refractivity contribution is -0.0436. The van der Waals surface area contributed by atoms with E-state index in [0.717, 1.165) is 12.1 Å². The molecule has 1 N–H and O–H groups in total. The van der Waals surface area contributed by atoms with Crippen molar-refractivity contribution in [1.29, 1.82) is 0 Å². The number of ether oxygens (including phenoxy) is 1. The van der Waals surface area contributed by atoms with E-state index in [1.54, 1.807) is 24.3 Å². The molecular formula is C14H8F3NO4S. The number of hydrogen-bond donors (Lipinski definition) is 1. The molecule has 1 aliphatic heterocycles. The minimum atomic E-state index is -5.55. The van der Waals surface area contributed by atoms with Crippen LogP contribution < -0.4 is 10.1 Å². The van der Waals surface area contributed by atoms with Crippen LogP contribution in [-0.4, -0.2) is 19.8 Å². The van der Waals surface area contributed by atoms with E-state index < -0.39 is 26.1 Å². The minimum Gasteiger partial charge on any atom is -0.454 e. The third-order valence-electron chi connectivity index (χ3n) is 3.17. The first-order valence-electron chi connectivity index (χ1n) is 6.24. The van der Waals surface area contributed by atoms with Crippen LogP contribution in [0.4, 0.5) is 18.9 Å². The highest BCUT2D eigenvalue weighted by Crippen LogP contribution is 2.38. The van der Waals surface area contributed by atoms with E-state index in [1.807, 2.05) is 0 Å². The molecule has 5 nitrogen and oxygen atoms in total. The first kappa shape index (κ1) is 15.3. The summed E-state index contributed by atoms with van der Waals surface area (Å²) >= 11 is 0. The largest absolute Gasteiger partial charge is 0.501 e. The first-order chi connectivity index (χ1) is 10.7. The lowest BCUT2D eigenvalue weighted by atomic mass is 10.2. The number of fused-ring (bicyclic) bond motifs is 2. The van der Waals surface area contributed by atoms with Gasteiger partial charge in [0.15, 0.2) is 5.75 Å². The van der Waals surface area contributed by atoms with Gasteiger partial charge in [-0.2, -0.15) is 13.2 Å². The van der Waals surface area contributed by atoms with Crippen molar-refractivity contribution in [1.82, 2.24) is 0 Å². The molecule has 0 atom stereocenters. The monoisotopic (exact) mass is 343 g/mol. The summed E-state index contributed by atoms with van der Waals surface area (Å²) in [5, 5.41) is 2.46. The van der Waals surface area contributed by atoms with Crippen LogP contribution in [0.3, 0.4) is 0 Å². The Morgan fingerprint density at radius 2 is 1.70 bits per heavy atom. The van der Waals surface area contributed by atoms with Crippen LogP contribution in [0.1, 0.15) is 10.4 Å². The number of nitrogens with one attached hydrogen (secondary N) is 1. The summed E-state index contributed by atoms with van der Waals surface area (Å²) in [5.41, 5.74) is -5.42. The first-order valence-corrected chi connectivity index (χ1v) is 7.72. The summed E-state index contributed by atoms with van der Waals surface area (Å²) in [5.74, 6) is -0.497. The fourth-order valence-electron chi connectivity index (χ4n) is 2.04. The van der Waals surface area contributed by atoms with Crippen LogP contribution in [0.25, 0.3) is 0 Å². The predicted octanol–water partition coefficient (Wildman–Crippen LogP) is 3.34. The van der Waals surface area contributed by atoms with Crippen LogP contribution in [0, 0.1) is 0 Å². The number of sulfone groups is 1. The normalized spacial score (nSPS) is 14.1. The summed E-state index contributed by atoms with van der Waals surface area (Å²) in [6, 6.07) is 8.83. The van der Waals surface area contributed by atoms with Crippen LogP contribution in [0.15, 0.2) is 47.4 Å². The topological polar surface area (TPSA) is 72.5 Å². The van der Waals surface area contributed by atoms with Gasteiger partial charge in [0.2, 0.25) is 0 Å². The Balaban J connectivity index is 2.13. The van der Waals surface area contributed by atoms with Gasteiger partial charge >= 0.3 is 5.51 Å². The van der Waals surface area contributed by atoms with Crippen molar-refractivity contribution in [2.24, 2.45) is 0 Å². The maximum absolute atomic E-state index is 12.6. The molecule has 0 bridgehead atoms. The van der Waals surface area contributed by atoms with E-state index in [9.17, 15) is 26.4 Å². The van der Waals surface area contributed by atoms with Crippen molar-refractivity contribution in [3.63, 3.8) is 0 Å². The zero-order valence-corrected chi connectivity index (χ0v) is 12.0. The van der Waals surface area contributed by atoms with Gasteiger partial charge in [-0.05, 0) is 30.3 Å². The number of anilines is 1. The summed E-state index contributed by atoms with van der Waals surface area (Å²) in [6.07, 6.45) is 0. The number of halogens is 3. The lowest BCUT2D eigenvalue weighted by Crippen LogP contribution is -2.23. The quantitative estimate of drug-likeness (QED) is 0.862. The fraction of sp³-hybridized carbons (Fsp3) is 0.0714. The van der Waals surface area contributed by atoms with Gasteiger partial charge in [-0.25, -0.2) is 8.42 Å². The van der Waals surface area contributed by atoms with Crippen LogP contribution >= 0.6 is 0 Å². The number of alkyl halides is 3. The van der Waals surface area contributed by atoms with Crippen LogP contribution in [0.2, 0.25) is 0 Å². The number of benzene rings is 2. The summed E-state index contributed by atoms with van der Waals surface area (Å²) in [6.45, 7) is 0. The molecule has 0 unspecified atom stereocenters. The van der Waals surface area contributed by atoms with Gasteiger partial charge in [-0.1, -0.05) is 12.1 Å². The predicted molar refractivity (Wildman–Crippen MR) is 74.2 cm³/mol. The van der Waals surface area contributed by atoms with Crippen molar-refractivity contribution in [3.8, 4) is 11.5 Å². The molecule has 0 aliphatic carbocycles. The Hall–Kier alpha value is -2.55. The van der Waals surface area contributed by atoms with Crippen LogP contribution in [0.5, 0.6) is 11.5 Å². The molecule has 0 fully saturated rings. The highest BCUT2D eigenvalue weighted by molar-refractivity contribution is 7.92. The molecule has 3 rings (SSSR count). The fourth-order valence-corrected chi connectivity index (χ4v) is 2.83. The van der Waals surface area contributed by atoms with Gasteiger partial charge in [0.05, 0.1) is 16.1 Å². The average molecular weight is 343 g/mol. The van der Waals surface area contributed by atoms with Gasteiger partial charge in [0.25, 0.3) is 15.7 Å². The Bertz CT molecular complexity index is 906. The molecule has 1 amide bonds. The van der Waals surface area contributed by atoms with E-state index >= 15 is 0 Å². The second kappa shape index (κ2) is 4.98. The van der Waals surface area contributed by atoms with Crippen molar-refractivity contribution < 1.29 is 31.1 Å². The van der Waals surface area contributed by atoms with Gasteiger partial charge in [-0.15, -0.1) is 0 Å². The maximum Gasteiger partial charge on any atom is 0.501 e. The van der Waals surface area contributed by atoms with Crippen molar-refractivity contribution in [2.75, 3.05) is 5.32 Å². The summed E-state index contributed by atoms with van der Waals surface area (Å²) in [7, 11) is -5.55. The second-order valence-corrected chi connectivity index (χ2v) is 6.60. The molecule has 0 aromatic heterocycles. The van der Waals surface area contributed by atoms with E-state index in [2.05, 4.69) is 5.32 Å². The highest BCUT2D eigenvalue weighted by atomic mass is 32.2. The molecule has 0 saturated carbocycles. The molecule has 2 aromatic rings. The van der Waals surface area contributed by atoms with E-state index in [1.165, 1.54) is 0 Å². The summed E-state index contributed by atoms with van der Waals surface area (Å²) < 4.78 is 66.2. The highest BCUT2D eigenvalue weighted by Gasteiger charge is 2.47. The third kappa shape index (κ3) is 2.52. The van der Waals surface area contributed by atoms with Crippen molar-refractivity contribution in [2.45, 2.75) is 10.4 Å². The SMILES string of the molecule is O=C1Nc2ccccc2Oc2ccc(S(=O)(=O)C(F)(F)F)cc21. The Morgan fingerprint density at radius 3 is 2.39 bits per heavy atom. The molecule has 1 aliphatic rings. The maximum atomic E-state index is 12.6.